The Hall–Kier alpha value is -3.15. The molecule has 0 N–H and O–H groups in total. The Morgan fingerprint density at radius 3 is 0.896 bits per heavy atom. The number of rotatable bonds is 51. The molecule has 0 fully saturated rings. The molecule has 0 aliphatic heterocycles. The van der Waals surface area contributed by atoms with E-state index in [0.717, 1.165) is 103 Å². The molecule has 1 unspecified atom stereocenters. The normalized spacial score (nSPS) is 12.6. The van der Waals surface area contributed by atoms with Crippen molar-refractivity contribution in [1.82, 2.24) is 0 Å². The smallest absolute Gasteiger partial charge is 0.306 e. The fourth-order valence-corrected chi connectivity index (χ4v) is 8.03. The minimum atomic E-state index is -0.791. The van der Waals surface area contributed by atoms with Gasteiger partial charge < -0.3 is 14.2 Å². The first-order valence-corrected chi connectivity index (χ1v) is 28.5. The van der Waals surface area contributed by atoms with E-state index in [1.165, 1.54) is 135 Å². The monoisotopic (exact) mass is 935 g/mol. The molecule has 0 amide bonds. The molecule has 0 spiro atoms. The van der Waals surface area contributed by atoms with Gasteiger partial charge >= 0.3 is 17.9 Å². The van der Waals surface area contributed by atoms with Crippen LogP contribution in [0.4, 0.5) is 0 Å². The van der Waals surface area contributed by atoms with Crippen LogP contribution in [-0.2, 0) is 28.6 Å². The number of carbonyl (C=O) groups excluding carboxylic acids is 3. The van der Waals surface area contributed by atoms with E-state index in [1.807, 2.05) is 0 Å². The highest BCUT2D eigenvalue weighted by molar-refractivity contribution is 5.71. The standard InChI is InChI=1S/C61H106O6/c1-4-7-10-13-16-19-22-25-27-29-31-33-36-39-42-45-48-51-54-60(63)66-57-58(56-65-59(62)53-50-47-44-41-38-35-24-21-18-15-12-9-6-3)67-61(64)55-52-49-46-43-40-37-34-32-30-28-26-23-20-17-14-11-8-5-2/h9,12,15,18,21-22,24-25,27,29,31,33,58H,4-8,10-11,13-14,16-17,19-20,23,26,28,30,32,34-57H2,1-3H3/b12-9+,18-15+,24-21+,25-22+,29-27+,33-31+. The van der Waals surface area contributed by atoms with Crippen molar-refractivity contribution >= 4 is 17.9 Å². The molecule has 0 bridgehead atoms. The molecule has 386 valence electrons. The van der Waals surface area contributed by atoms with Crippen molar-refractivity contribution in [2.75, 3.05) is 13.2 Å². The number of carbonyl (C=O) groups is 3. The summed E-state index contributed by atoms with van der Waals surface area (Å²) in [5, 5.41) is 0. The highest BCUT2D eigenvalue weighted by atomic mass is 16.6. The molecular weight excluding hydrogens is 829 g/mol. The molecule has 6 heteroatoms. The summed E-state index contributed by atoms with van der Waals surface area (Å²) in [4.78, 5) is 38.1. The Morgan fingerprint density at radius 1 is 0.313 bits per heavy atom. The van der Waals surface area contributed by atoms with Crippen molar-refractivity contribution in [3.63, 3.8) is 0 Å². The molecule has 6 nitrogen and oxygen atoms in total. The lowest BCUT2D eigenvalue weighted by Gasteiger charge is -2.18. The first-order chi connectivity index (χ1) is 33.0. The number of hydrogen-bond donors (Lipinski definition) is 0. The highest BCUT2D eigenvalue weighted by Crippen LogP contribution is 2.16. The first kappa shape index (κ1) is 63.8. The van der Waals surface area contributed by atoms with Crippen LogP contribution in [0.3, 0.4) is 0 Å². The third-order valence-electron chi connectivity index (χ3n) is 12.3. The van der Waals surface area contributed by atoms with Gasteiger partial charge in [0, 0.05) is 19.3 Å². The molecule has 0 rings (SSSR count). The summed E-state index contributed by atoms with van der Waals surface area (Å²) in [5.41, 5.74) is 0. The van der Waals surface area contributed by atoms with E-state index < -0.39 is 6.10 Å². The maximum Gasteiger partial charge on any atom is 0.306 e. The zero-order valence-corrected chi connectivity index (χ0v) is 44.2. The Labute approximate surface area is 414 Å². The molecule has 0 radical (unpaired) electrons. The van der Waals surface area contributed by atoms with E-state index in [-0.39, 0.29) is 31.1 Å². The summed E-state index contributed by atoms with van der Waals surface area (Å²) in [6.45, 7) is 6.48. The van der Waals surface area contributed by atoms with Crippen LogP contribution in [0.5, 0.6) is 0 Å². The molecule has 0 aromatic rings. The Morgan fingerprint density at radius 2 is 0.582 bits per heavy atom. The summed E-state index contributed by atoms with van der Waals surface area (Å²) in [5.74, 6) is -0.920. The van der Waals surface area contributed by atoms with Crippen LogP contribution >= 0.6 is 0 Å². The quantitative estimate of drug-likeness (QED) is 0.0262. The van der Waals surface area contributed by atoms with E-state index in [0.29, 0.717) is 19.3 Å². The van der Waals surface area contributed by atoms with Crippen LogP contribution < -0.4 is 0 Å². The zero-order valence-electron chi connectivity index (χ0n) is 44.2. The molecule has 0 aromatic heterocycles. The Balaban J connectivity index is 4.41. The van der Waals surface area contributed by atoms with Crippen molar-refractivity contribution in [3.05, 3.63) is 72.9 Å². The molecular formula is C61H106O6. The van der Waals surface area contributed by atoms with Gasteiger partial charge in [-0.25, -0.2) is 0 Å². The van der Waals surface area contributed by atoms with Gasteiger partial charge in [0.2, 0.25) is 0 Å². The summed E-state index contributed by atoms with van der Waals surface area (Å²) in [7, 11) is 0. The average molecular weight is 936 g/mol. The maximum atomic E-state index is 12.9. The molecule has 1 atom stereocenters. The van der Waals surface area contributed by atoms with Gasteiger partial charge in [-0.1, -0.05) is 267 Å². The predicted octanol–water partition coefficient (Wildman–Crippen LogP) is 19.0. The topological polar surface area (TPSA) is 78.9 Å². The summed E-state index contributed by atoms with van der Waals surface area (Å²) >= 11 is 0. The third-order valence-corrected chi connectivity index (χ3v) is 12.3. The summed E-state index contributed by atoms with van der Waals surface area (Å²) in [6, 6.07) is 0. The minimum Gasteiger partial charge on any atom is -0.462 e. The van der Waals surface area contributed by atoms with Crippen molar-refractivity contribution in [1.29, 1.82) is 0 Å². The van der Waals surface area contributed by atoms with Gasteiger partial charge in [0.1, 0.15) is 13.2 Å². The van der Waals surface area contributed by atoms with E-state index >= 15 is 0 Å². The van der Waals surface area contributed by atoms with Gasteiger partial charge in [0.25, 0.3) is 0 Å². The second-order valence-electron chi connectivity index (χ2n) is 18.9. The lowest BCUT2D eigenvalue weighted by Crippen LogP contribution is -2.30. The number of unbranched alkanes of at least 4 members (excludes halogenated alkanes) is 32. The van der Waals surface area contributed by atoms with Crippen LogP contribution in [-0.4, -0.2) is 37.2 Å². The van der Waals surface area contributed by atoms with Gasteiger partial charge in [-0.05, 0) is 64.2 Å². The number of allylic oxidation sites excluding steroid dienone is 12. The van der Waals surface area contributed by atoms with E-state index in [9.17, 15) is 14.4 Å². The van der Waals surface area contributed by atoms with Crippen LogP contribution in [0.25, 0.3) is 0 Å². The highest BCUT2D eigenvalue weighted by Gasteiger charge is 2.19. The summed E-state index contributed by atoms with van der Waals surface area (Å²) in [6.07, 6.45) is 70.3. The molecule has 0 saturated heterocycles. The lowest BCUT2D eigenvalue weighted by molar-refractivity contribution is -0.167. The molecule has 0 aliphatic carbocycles. The zero-order chi connectivity index (χ0) is 48.6. The number of ether oxygens (including phenoxy) is 3. The van der Waals surface area contributed by atoms with E-state index in [4.69, 9.17) is 14.2 Å². The van der Waals surface area contributed by atoms with Gasteiger partial charge in [-0.3, -0.25) is 14.4 Å². The Kier molecular flexibility index (Phi) is 52.8. The molecule has 0 saturated carbocycles. The van der Waals surface area contributed by atoms with Crippen molar-refractivity contribution in [2.45, 2.75) is 284 Å². The Bertz CT molecular complexity index is 1260. The number of hydrogen-bond acceptors (Lipinski definition) is 6. The predicted molar refractivity (Wildman–Crippen MR) is 288 cm³/mol. The molecule has 0 aliphatic rings. The van der Waals surface area contributed by atoms with Gasteiger partial charge in [-0.15, -0.1) is 0 Å². The van der Waals surface area contributed by atoms with Crippen molar-refractivity contribution < 1.29 is 28.6 Å². The van der Waals surface area contributed by atoms with Crippen LogP contribution in [0.1, 0.15) is 278 Å². The van der Waals surface area contributed by atoms with E-state index in [1.54, 1.807) is 0 Å². The minimum absolute atomic E-state index is 0.0910. The third kappa shape index (κ3) is 53.7. The molecule has 0 heterocycles. The molecule has 67 heavy (non-hydrogen) atoms. The van der Waals surface area contributed by atoms with Crippen LogP contribution in [0.15, 0.2) is 72.9 Å². The second kappa shape index (κ2) is 55.4. The van der Waals surface area contributed by atoms with Gasteiger partial charge in [-0.2, -0.15) is 0 Å². The van der Waals surface area contributed by atoms with Crippen LogP contribution in [0.2, 0.25) is 0 Å². The van der Waals surface area contributed by atoms with Gasteiger partial charge in [0.15, 0.2) is 6.10 Å². The molecule has 0 aromatic carbocycles. The van der Waals surface area contributed by atoms with Crippen molar-refractivity contribution in [3.8, 4) is 0 Å². The average Bonchev–Trinajstić information content (AvgIpc) is 3.33. The van der Waals surface area contributed by atoms with Crippen molar-refractivity contribution in [2.24, 2.45) is 0 Å². The van der Waals surface area contributed by atoms with Crippen LogP contribution in [0, 0.1) is 0 Å². The maximum absolute atomic E-state index is 12.9. The van der Waals surface area contributed by atoms with E-state index in [2.05, 4.69) is 93.7 Å². The van der Waals surface area contributed by atoms with Gasteiger partial charge in [0.05, 0.1) is 0 Å². The fourth-order valence-electron chi connectivity index (χ4n) is 8.03. The fraction of sp³-hybridized carbons (Fsp3) is 0.754. The lowest BCUT2D eigenvalue weighted by atomic mass is 10.0. The second-order valence-corrected chi connectivity index (χ2v) is 18.9. The SMILES string of the molecule is CC/C=C/C=C/C=C/CCCCCCCC(=O)OCC(COC(=O)CCCCCCC/C=C/C=C/C=C/CCCCCCC)OC(=O)CCCCCCCCCCCCCCCCCCCC. The number of esters is 3. The largest absolute Gasteiger partial charge is 0.462 e. The summed E-state index contributed by atoms with van der Waals surface area (Å²) < 4.78 is 16.8. The first-order valence-electron chi connectivity index (χ1n) is 28.5.